The molecular weight excluding hydrogens is 368 g/mol. The van der Waals surface area contributed by atoms with Gasteiger partial charge in [0, 0.05) is 25.5 Å². The van der Waals surface area contributed by atoms with Crippen LogP contribution >= 0.6 is 31.9 Å². The van der Waals surface area contributed by atoms with Gasteiger partial charge in [0.05, 0.1) is 0 Å². The van der Waals surface area contributed by atoms with Crippen LogP contribution in [0.3, 0.4) is 0 Å². The Bertz CT molecular complexity index is 644. The maximum absolute atomic E-state index is 12.7. The molecular formula is C16H12Br2O. The normalized spacial score (nSPS) is 15.9. The minimum Gasteiger partial charge on any atom is -0.289 e. The molecule has 0 radical (unpaired) electrons. The summed E-state index contributed by atoms with van der Waals surface area (Å²) in [5, 5.41) is 0. The second-order valence-corrected chi connectivity index (χ2v) is 7.17. The third-order valence-corrected chi connectivity index (χ3v) is 4.79. The summed E-state index contributed by atoms with van der Waals surface area (Å²) in [6.45, 7) is 4.33. The molecule has 3 rings (SSSR count). The fourth-order valence-electron chi connectivity index (χ4n) is 2.79. The van der Waals surface area contributed by atoms with Crippen molar-refractivity contribution >= 4 is 37.6 Å². The van der Waals surface area contributed by atoms with Crippen LogP contribution in [0.15, 0.2) is 45.3 Å². The number of benzene rings is 2. The van der Waals surface area contributed by atoms with Crippen molar-refractivity contribution < 1.29 is 4.79 Å². The molecule has 2 aromatic carbocycles. The average molecular weight is 380 g/mol. The molecule has 96 valence electrons. The highest BCUT2D eigenvalue weighted by Crippen LogP contribution is 2.42. The largest absolute Gasteiger partial charge is 0.289 e. The summed E-state index contributed by atoms with van der Waals surface area (Å²) in [5.41, 5.74) is 3.63. The second kappa shape index (κ2) is 4.29. The van der Waals surface area contributed by atoms with Gasteiger partial charge < -0.3 is 0 Å². The lowest BCUT2D eigenvalue weighted by Gasteiger charge is -2.34. The standard InChI is InChI=1S/C16H12Br2O/c1-16(2)13-5-3-9(17)7-11(13)15(19)12-8-10(18)4-6-14(12)16/h3-8H,1-2H3. The van der Waals surface area contributed by atoms with E-state index in [0.717, 1.165) is 31.2 Å². The van der Waals surface area contributed by atoms with Crippen LogP contribution in [0.25, 0.3) is 0 Å². The predicted octanol–water partition coefficient (Wildman–Crippen LogP) is 5.08. The van der Waals surface area contributed by atoms with Gasteiger partial charge in [0.25, 0.3) is 0 Å². The number of hydrogen-bond donors (Lipinski definition) is 0. The molecule has 0 amide bonds. The van der Waals surface area contributed by atoms with E-state index in [1.807, 2.05) is 36.4 Å². The summed E-state index contributed by atoms with van der Waals surface area (Å²) >= 11 is 6.90. The van der Waals surface area contributed by atoms with Gasteiger partial charge in [-0.1, -0.05) is 57.8 Å². The van der Waals surface area contributed by atoms with Gasteiger partial charge >= 0.3 is 0 Å². The first-order chi connectivity index (χ1) is 8.91. The molecule has 0 unspecified atom stereocenters. The Balaban J connectivity index is 2.36. The fraction of sp³-hybridized carbons (Fsp3) is 0.188. The molecule has 0 saturated heterocycles. The van der Waals surface area contributed by atoms with E-state index in [1.165, 1.54) is 0 Å². The number of carbonyl (C=O) groups is 1. The van der Waals surface area contributed by atoms with Gasteiger partial charge in [-0.15, -0.1) is 0 Å². The minimum atomic E-state index is -0.153. The number of fused-ring (bicyclic) bond motifs is 2. The van der Waals surface area contributed by atoms with Crippen LogP contribution in [-0.2, 0) is 5.41 Å². The Hall–Kier alpha value is -0.930. The number of ketones is 1. The fourth-order valence-corrected chi connectivity index (χ4v) is 3.51. The summed E-state index contributed by atoms with van der Waals surface area (Å²) in [4.78, 5) is 12.7. The third-order valence-electron chi connectivity index (χ3n) is 3.80. The Labute approximate surface area is 129 Å². The van der Waals surface area contributed by atoms with E-state index >= 15 is 0 Å². The molecule has 2 aromatic rings. The molecule has 0 spiro atoms. The van der Waals surface area contributed by atoms with Gasteiger partial charge in [0.1, 0.15) is 0 Å². The van der Waals surface area contributed by atoms with E-state index in [9.17, 15) is 4.79 Å². The summed E-state index contributed by atoms with van der Waals surface area (Å²) < 4.78 is 1.88. The topological polar surface area (TPSA) is 17.1 Å². The molecule has 19 heavy (non-hydrogen) atoms. The first-order valence-electron chi connectivity index (χ1n) is 6.06. The Morgan fingerprint density at radius 2 is 1.26 bits per heavy atom. The SMILES string of the molecule is CC1(C)c2ccc(Br)cc2C(=O)c2cc(Br)ccc21. The van der Waals surface area contributed by atoms with Crippen LogP contribution in [0.4, 0.5) is 0 Å². The van der Waals surface area contributed by atoms with Crippen molar-refractivity contribution in [2.75, 3.05) is 0 Å². The number of halogens is 2. The summed E-state index contributed by atoms with van der Waals surface area (Å²) in [6, 6.07) is 11.9. The van der Waals surface area contributed by atoms with Gasteiger partial charge in [-0.2, -0.15) is 0 Å². The highest BCUT2D eigenvalue weighted by atomic mass is 79.9. The molecule has 0 fully saturated rings. The van der Waals surface area contributed by atoms with Gasteiger partial charge in [-0.3, -0.25) is 4.79 Å². The molecule has 3 heteroatoms. The minimum absolute atomic E-state index is 0.104. The molecule has 1 nitrogen and oxygen atoms in total. The molecule has 1 aliphatic rings. The Morgan fingerprint density at radius 3 is 1.68 bits per heavy atom. The first-order valence-corrected chi connectivity index (χ1v) is 7.64. The monoisotopic (exact) mass is 378 g/mol. The summed E-state index contributed by atoms with van der Waals surface area (Å²) in [5.74, 6) is 0.104. The molecule has 0 aromatic heterocycles. The quantitative estimate of drug-likeness (QED) is 0.623. The number of carbonyl (C=O) groups excluding carboxylic acids is 1. The maximum Gasteiger partial charge on any atom is 0.193 e. The average Bonchev–Trinajstić information content (AvgIpc) is 2.35. The van der Waals surface area contributed by atoms with Crippen LogP contribution < -0.4 is 0 Å². The van der Waals surface area contributed by atoms with E-state index in [4.69, 9.17) is 0 Å². The zero-order valence-electron chi connectivity index (χ0n) is 10.6. The van der Waals surface area contributed by atoms with Gasteiger partial charge in [0.2, 0.25) is 0 Å². The Morgan fingerprint density at radius 1 is 0.842 bits per heavy atom. The van der Waals surface area contributed by atoms with Crippen molar-refractivity contribution in [2.45, 2.75) is 19.3 Å². The highest BCUT2D eigenvalue weighted by molar-refractivity contribution is 9.10. The molecule has 0 bridgehead atoms. The molecule has 0 atom stereocenters. The van der Waals surface area contributed by atoms with E-state index in [-0.39, 0.29) is 11.2 Å². The van der Waals surface area contributed by atoms with E-state index in [1.54, 1.807) is 0 Å². The van der Waals surface area contributed by atoms with Crippen LogP contribution in [0, 0.1) is 0 Å². The zero-order chi connectivity index (χ0) is 13.8. The molecule has 0 aliphatic heterocycles. The van der Waals surface area contributed by atoms with Gasteiger partial charge in [-0.05, 0) is 35.4 Å². The number of rotatable bonds is 0. The lowest BCUT2D eigenvalue weighted by Crippen LogP contribution is -2.30. The lowest BCUT2D eigenvalue weighted by atomic mass is 9.68. The zero-order valence-corrected chi connectivity index (χ0v) is 13.8. The van der Waals surface area contributed by atoms with Crippen LogP contribution in [0.5, 0.6) is 0 Å². The van der Waals surface area contributed by atoms with Crippen LogP contribution in [0.2, 0.25) is 0 Å². The van der Waals surface area contributed by atoms with E-state index in [0.29, 0.717) is 0 Å². The third kappa shape index (κ3) is 1.91. The molecule has 1 aliphatic carbocycles. The van der Waals surface area contributed by atoms with Crippen LogP contribution in [-0.4, -0.2) is 5.78 Å². The van der Waals surface area contributed by atoms with Crippen molar-refractivity contribution in [1.29, 1.82) is 0 Å². The maximum atomic E-state index is 12.7. The lowest BCUT2D eigenvalue weighted by molar-refractivity contribution is 0.103. The molecule has 0 N–H and O–H groups in total. The molecule has 0 heterocycles. The number of hydrogen-bond acceptors (Lipinski definition) is 1. The van der Waals surface area contributed by atoms with Crippen molar-refractivity contribution in [1.82, 2.24) is 0 Å². The smallest absolute Gasteiger partial charge is 0.193 e. The summed E-state index contributed by atoms with van der Waals surface area (Å²) in [7, 11) is 0. The van der Waals surface area contributed by atoms with E-state index in [2.05, 4.69) is 45.7 Å². The van der Waals surface area contributed by atoms with Crippen molar-refractivity contribution in [3.63, 3.8) is 0 Å². The van der Waals surface area contributed by atoms with E-state index < -0.39 is 0 Å². The second-order valence-electron chi connectivity index (χ2n) is 5.33. The van der Waals surface area contributed by atoms with Gasteiger partial charge in [-0.25, -0.2) is 0 Å². The summed E-state index contributed by atoms with van der Waals surface area (Å²) in [6.07, 6.45) is 0. The first kappa shape index (κ1) is 13.1. The van der Waals surface area contributed by atoms with Crippen molar-refractivity contribution in [3.05, 3.63) is 67.6 Å². The van der Waals surface area contributed by atoms with Gasteiger partial charge in [0.15, 0.2) is 5.78 Å². The molecule has 0 saturated carbocycles. The van der Waals surface area contributed by atoms with Crippen molar-refractivity contribution in [3.8, 4) is 0 Å². The predicted molar refractivity (Wildman–Crippen MR) is 83.8 cm³/mol. The Kier molecular flexibility index (Phi) is 2.95. The van der Waals surface area contributed by atoms with Crippen LogP contribution in [0.1, 0.15) is 40.9 Å². The van der Waals surface area contributed by atoms with Crippen molar-refractivity contribution in [2.24, 2.45) is 0 Å². The highest BCUT2D eigenvalue weighted by Gasteiger charge is 2.36.